The number of carbonyl (C=O) groups is 1. The van der Waals surface area contributed by atoms with Crippen LogP contribution in [0, 0.1) is 17.7 Å². The minimum absolute atomic E-state index is 0.0226. The van der Waals surface area contributed by atoms with Gasteiger partial charge < -0.3 is 10.1 Å². The van der Waals surface area contributed by atoms with Crippen LogP contribution in [0.15, 0.2) is 35.4 Å². The van der Waals surface area contributed by atoms with E-state index in [0.717, 1.165) is 13.2 Å². The topological polar surface area (TPSA) is 131 Å². The van der Waals surface area contributed by atoms with Crippen LogP contribution in [0.5, 0.6) is 11.9 Å². The predicted octanol–water partition coefficient (Wildman–Crippen LogP) is 5.80. The summed E-state index contributed by atoms with van der Waals surface area (Å²) in [7, 11) is -3.20. The van der Waals surface area contributed by atoms with Crippen molar-refractivity contribution in [3.63, 3.8) is 0 Å². The third kappa shape index (κ3) is 5.41. The van der Waals surface area contributed by atoms with Crippen molar-refractivity contribution in [1.29, 1.82) is 4.78 Å². The fourth-order valence-electron chi connectivity index (χ4n) is 4.16. The van der Waals surface area contributed by atoms with Gasteiger partial charge in [0.25, 0.3) is 11.8 Å². The van der Waals surface area contributed by atoms with E-state index in [4.69, 9.17) is 9.52 Å². The Morgan fingerprint density at radius 2 is 1.82 bits per heavy atom. The fraction of sp³-hybridized carbons (Fsp3) is 0.348. The molecule has 214 valence electrons. The number of alkyl halides is 6. The van der Waals surface area contributed by atoms with E-state index in [-0.39, 0.29) is 29.8 Å². The molecular weight excluding hydrogens is 573 g/mol. The summed E-state index contributed by atoms with van der Waals surface area (Å²) in [5.74, 6) is -3.65. The lowest BCUT2D eigenvalue weighted by molar-refractivity contribution is -0.213. The first-order valence-electron chi connectivity index (χ1n) is 11.3. The van der Waals surface area contributed by atoms with Crippen LogP contribution in [0.3, 0.4) is 0 Å². The SMILES string of the molecule is Cc1c(C(F)(F)F)nnc(Oc2ncc(C3(C(F)(F)F)CCC3)c(F)n2)c1C(=O)Nc1cccc(S(C)(=N)=O)c1. The van der Waals surface area contributed by atoms with E-state index in [9.17, 15) is 39.7 Å². The molecule has 1 atom stereocenters. The van der Waals surface area contributed by atoms with Crippen molar-refractivity contribution < 1.29 is 44.5 Å². The normalized spacial score (nSPS) is 16.5. The molecule has 2 heterocycles. The van der Waals surface area contributed by atoms with Crippen molar-refractivity contribution in [2.75, 3.05) is 11.6 Å². The first kappa shape index (κ1) is 29.1. The number of hydrogen-bond acceptors (Lipinski definition) is 8. The van der Waals surface area contributed by atoms with Gasteiger partial charge in [-0.15, -0.1) is 10.2 Å². The maximum Gasteiger partial charge on any atom is 0.435 e. The van der Waals surface area contributed by atoms with Crippen LogP contribution in [-0.2, 0) is 21.3 Å². The monoisotopic (exact) mass is 592 g/mol. The fourth-order valence-corrected chi connectivity index (χ4v) is 4.85. The molecule has 17 heteroatoms. The molecular formula is C23H19F7N6O3S. The number of nitrogens with zero attached hydrogens (tertiary/aromatic N) is 4. The lowest BCUT2D eigenvalue weighted by Crippen LogP contribution is -2.48. The second-order valence-electron chi connectivity index (χ2n) is 9.07. The molecule has 1 saturated carbocycles. The average molecular weight is 592 g/mol. The Labute approximate surface area is 222 Å². The average Bonchev–Trinajstić information content (AvgIpc) is 2.77. The van der Waals surface area contributed by atoms with Crippen molar-refractivity contribution in [1.82, 2.24) is 20.2 Å². The largest absolute Gasteiger partial charge is 0.435 e. The highest BCUT2D eigenvalue weighted by Crippen LogP contribution is 2.55. The molecule has 0 spiro atoms. The van der Waals surface area contributed by atoms with Gasteiger partial charge in [0.15, 0.2) is 5.69 Å². The van der Waals surface area contributed by atoms with Crippen LogP contribution in [0.4, 0.5) is 36.4 Å². The van der Waals surface area contributed by atoms with Crippen LogP contribution in [0.25, 0.3) is 0 Å². The van der Waals surface area contributed by atoms with Crippen LogP contribution in [-0.4, -0.2) is 42.7 Å². The molecule has 0 bridgehead atoms. The molecule has 1 aliphatic carbocycles. The first-order valence-corrected chi connectivity index (χ1v) is 13.3. The molecule has 0 saturated heterocycles. The highest BCUT2D eigenvalue weighted by atomic mass is 32.2. The molecule has 0 aliphatic heterocycles. The molecule has 1 aliphatic rings. The summed E-state index contributed by atoms with van der Waals surface area (Å²) in [6.07, 6.45) is -8.67. The third-order valence-electron chi connectivity index (χ3n) is 6.40. The number of halogens is 7. The van der Waals surface area contributed by atoms with Crippen molar-refractivity contribution in [2.24, 2.45) is 0 Å². The molecule has 3 aromatic rings. The molecule has 4 rings (SSSR count). The van der Waals surface area contributed by atoms with Gasteiger partial charge in [-0.25, -0.2) is 14.0 Å². The van der Waals surface area contributed by atoms with Crippen molar-refractivity contribution in [3.05, 3.63) is 58.8 Å². The summed E-state index contributed by atoms with van der Waals surface area (Å²) in [5.41, 5.74) is -6.41. The minimum Gasteiger partial charge on any atom is -0.403 e. The number of ether oxygens (including phenoxy) is 1. The molecule has 0 radical (unpaired) electrons. The lowest BCUT2D eigenvalue weighted by atomic mass is 9.64. The predicted molar refractivity (Wildman–Crippen MR) is 125 cm³/mol. The van der Waals surface area contributed by atoms with E-state index in [2.05, 4.69) is 25.5 Å². The Hall–Kier alpha value is -3.89. The molecule has 1 aromatic carbocycles. The van der Waals surface area contributed by atoms with Crippen molar-refractivity contribution in [3.8, 4) is 11.9 Å². The van der Waals surface area contributed by atoms with Gasteiger partial charge in [-0.2, -0.15) is 35.7 Å². The standard InChI is InChI=1S/C23H19F7N6O3S/c1-11-15(18(37)33-12-5-3-6-13(9-12)40(2,31)38)19(36-35-16(11)22(25,26)27)39-20-32-10-14(17(24)34-20)21(7-4-8-21)23(28,29)30/h3,5-6,9-10,31H,4,7-8H2,1-2H3,(H,33,37). The van der Waals surface area contributed by atoms with Crippen molar-refractivity contribution >= 4 is 21.3 Å². The van der Waals surface area contributed by atoms with Gasteiger partial charge in [0.1, 0.15) is 5.56 Å². The van der Waals surface area contributed by atoms with E-state index in [1.807, 2.05) is 0 Å². The molecule has 1 amide bonds. The van der Waals surface area contributed by atoms with Gasteiger partial charge in [-0.1, -0.05) is 12.5 Å². The zero-order valence-corrected chi connectivity index (χ0v) is 21.4. The number of benzene rings is 1. The summed E-state index contributed by atoms with van der Waals surface area (Å²) in [6.45, 7) is 0.895. The molecule has 2 N–H and O–H groups in total. The van der Waals surface area contributed by atoms with Crippen molar-refractivity contribution in [2.45, 2.75) is 48.8 Å². The number of rotatable bonds is 6. The van der Waals surface area contributed by atoms with Gasteiger partial charge >= 0.3 is 18.4 Å². The van der Waals surface area contributed by atoms with Gasteiger partial charge in [-0.05, 0) is 43.5 Å². The van der Waals surface area contributed by atoms with Gasteiger partial charge in [-0.3, -0.25) is 4.79 Å². The maximum atomic E-state index is 14.7. The highest BCUT2D eigenvalue weighted by Gasteiger charge is 2.60. The van der Waals surface area contributed by atoms with E-state index in [0.29, 0.717) is 6.20 Å². The van der Waals surface area contributed by atoms with Gasteiger partial charge in [0.2, 0.25) is 5.95 Å². The minimum atomic E-state index is -5.04. The molecule has 40 heavy (non-hydrogen) atoms. The van der Waals surface area contributed by atoms with Crippen LogP contribution in [0.1, 0.15) is 46.4 Å². The van der Waals surface area contributed by atoms with Crippen LogP contribution >= 0.6 is 0 Å². The van der Waals surface area contributed by atoms with Crippen LogP contribution in [0.2, 0.25) is 0 Å². The van der Waals surface area contributed by atoms with E-state index < -0.39 is 73.6 Å². The number of anilines is 1. The smallest absolute Gasteiger partial charge is 0.403 e. The summed E-state index contributed by atoms with van der Waals surface area (Å²) in [5, 5.41) is 8.60. The first-order chi connectivity index (χ1) is 18.4. The Balaban J connectivity index is 1.73. The number of hydrogen-bond donors (Lipinski definition) is 2. The van der Waals surface area contributed by atoms with E-state index in [1.165, 1.54) is 24.3 Å². The van der Waals surface area contributed by atoms with Gasteiger partial charge in [0.05, 0.1) is 15.1 Å². The van der Waals surface area contributed by atoms with E-state index in [1.54, 1.807) is 0 Å². The summed E-state index contributed by atoms with van der Waals surface area (Å²) < 4.78 is 121. The molecule has 2 aromatic heterocycles. The zero-order chi connectivity index (χ0) is 29.7. The summed E-state index contributed by atoms with van der Waals surface area (Å²) in [6, 6.07) is 4.27. The molecule has 9 nitrogen and oxygen atoms in total. The summed E-state index contributed by atoms with van der Waals surface area (Å²) >= 11 is 0. The molecule has 1 unspecified atom stereocenters. The number of aromatic nitrogens is 4. The Morgan fingerprint density at radius 1 is 1.15 bits per heavy atom. The quantitative estimate of drug-likeness (QED) is 0.273. The number of amides is 1. The third-order valence-corrected chi connectivity index (χ3v) is 7.55. The second-order valence-corrected chi connectivity index (χ2v) is 11.2. The Kier molecular flexibility index (Phi) is 7.23. The van der Waals surface area contributed by atoms with E-state index >= 15 is 0 Å². The highest BCUT2D eigenvalue weighted by molar-refractivity contribution is 7.91. The second kappa shape index (κ2) is 9.94. The van der Waals surface area contributed by atoms with Crippen LogP contribution < -0.4 is 10.1 Å². The van der Waals surface area contributed by atoms with Gasteiger partial charge in [0, 0.05) is 28.6 Å². The maximum absolute atomic E-state index is 14.7. The lowest BCUT2D eigenvalue weighted by Gasteiger charge is -2.43. The summed E-state index contributed by atoms with van der Waals surface area (Å²) in [4.78, 5) is 20.0. The Bertz CT molecular complexity index is 1590. The zero-order valence-electron chi connectivity index (χ0n) is 20.6. The Morgan fingerprint density at radius 3 is 2.35 bits per heavy atom. The number of carbonyl (C=O) groups excluding carboxylic acids is 1. The number of nitrogens with one attached hydrogen (secondary N) is 2. The molecule has 1 fully saturated rings.